The molecule has 0 heterocycles. The van der Waals surface area contributed by atoms with Crippen molar-refractivity contribution >= 4 is 5.96 Å². The molecule has 4 nitrogen and oxygen atoms in total. The Kier molecular flexibility index (Phi) is 6.03. The average Bonchev–Trinajstić information content (AvgIpc) is 2.53. The van der Waals surface area contributed by atoms with E-state index in [1.165, 1.54) is 11.1 Å². The summed E-state index contributed by atoms with van der Waals surface area (Å²) in [4.78, 5) is 4.60. The molecule has 0 aliphatic carbocycles. The number of benzene rings is 2. The molecule has 0 saturated carbocycles. The maximum Gasteiger partial charge on any atom is 0.192 e. The van der Waals surface area contributed by atoms with E-state index in [9.17, 15) is 5.11 Å². The predicted molar refractivity (Wildman–Crippen MR) is 95.7 cm³/mol. The second-order valence-electron chi connectivity index (χ2n) is 5.59. The number of nitrogens with one attached hydrogen (secondary N) is 2. The zero-order chi connectivity index (χ0) is 16.7. The maximum atomic E-state index is 9.53. The van der Waals surface area contributed by atoms with Crippen molar-refractivity contribution in [1.29, 1.82) is 0 Å². The van der Waals surface area contributed by atoms with Crippen LogP contribution in [0.4, 0.5) is 0 Å². The smallest absolute Gasteiger partial charge is 0.192 e. The van der Waals surface area contributed by atoms with Crippen LogP contribution in [0.1, 0.15) is 36.6 Å². The molecule has 1 unspecified atom stereocenters. The van der Waals surface area contributed by atoms with Gasteiger partial charge in [0.25, 0.3) is 0 Å². The largest absolute Gasteiger partial charge is 0.508 e. The fourth-order valence-electron chi connectivity index (χ4n) is 2.50. The average molecular weight is 311 g/mol. The van der Waals surface area contributed by atoms with Crippen molar-refractivity contribution in [3.8, 4) is 5.75 Å². The Morgan fingerprint density at radius 3 is 2.65 bits per heavy atom. The zero-order valence-corrected chi connectivity index (χ0v) is 14.0. The van der Waals surface area contributed by atoms with E-state index in [1.807, 2.05) is 25.1 Å². The lowest BCUT2D eigenvalue weighted by molar-refractivity contribution is 0.474. The molecule has 0 aromatic heterocycles. The van der Waals surface area contributed by atoms with Gasteiger partial charge in [-0.3, -0.25) is 0 Å². The van der Waals surface area contributed by atoms with Gasteiger partial charge in [0.15, 0.2) is 5.96 Å². The SMILES string of the molecule is CCNC(=NCc1cccc(O)c1)NC(C)c1ccccc1C. The van der Waals surface area contributed by atoms with E-state index in [-0.39, 0.29) is 11.8 Å². The minimum Gasteiger partial charge on any atom is -0.508 e. The molecule has 0 spiro atoms. The summed E-state index contributed by atoms with van der Waals surface area (Å²) in [5.41, 5.74) is 3.50. The first-order valence-corrected chi connectivity index (χ1v) is 7.98. The van der Waals surface area contributed by atoms with E-state index in [2.05, 4.69) is 47.7 Å². The van der Waals surface area contributed by atoms with Crippen LogP contribution in [0, 0.1) is 6.92 Å². The van der Waals surface area contributed by atoms with Crippen molar-refractivity contribution < 1.29 is 5.11 Å². The van der Waals surface area contributed by atoms with Crippen LogP contribution in [0.3, 0.4) is 0 Å². The normalized spacial score (nSPS) is 12.7. The summed E-state index contributed by atoms with van der Waals surface area (Å²) in [5.74, 6) is 1.04. The van der Waals surface area contributed by atoms with Gasteiger partial charge in [-0.05, 0) is 49.6 Å². The monoisotopic (exact) mass is 311 g/mol. The molecule has 122 valence electrons. The summed E-state index contributed by atoms with van der Waals surface area (Å²) >= 11 is 0. The highest BCUT2D eigenvalue weighted by atomic mass is 16.3. The van der Waals surface area contributed by atoms with Crippen LogP contribution in [0.15, 0.2) is 53.5 Å². The fourth-order valence-corrected chi connectivity index (χ4v) is 2.50. The van der Waals surface area contributed by atoms with Gasteiger partial charge in [0, 0.05) is 6.54 Å². The minimum absolute atomic E-state index is 0.165. The lowest BCUT2D eigenvalue weighted by atomic mass is 10.0. The molecule has 2 aromatic rings. The number of nitrogens with zero attached hydrogens (tertiary/aromatic N) is 1. The van der Waals surface area contributed by atoms with Gasteiger partial charge < -0.3 is 15.7 Å². The van der Waals surface area contributed by atoms with E-state index in [4.69, 9.17) is 0 Å². The first kappa shape index (κ1) is 16.9. The Balaban J connectivity index is 2.08. The Hall–Kier alpha value is -2.49. The van der Waals surface area contributed by atoms with E-state index >= 15 is 0 Å². The van der Waals surface area contributed by atoms with E-state index in [0.29, 0.717) is 6.54 Å². The van der Waals surface area contributed by atoms with E-state index in [0.717, 1.165) is 18.1 Å². The number of aryl methyl sites for hydroxylation is 1. The summed E-state index contributed by atoms with van der Waals surface area (Å²) in [7, 11) is 0. The molecular formula is C19H25N3O. The van der Waals surface area contributed by atoms with Crippen LogP contribution in [-0.4, -0.2) is 17.6 Å². The molecule has 0 bridgehead atoms. The molecule has 4 heteroatoms. The first-order valence-electron chi connectivity index (χ1n) is 7.98. The van der Waals surface area contributed by atoms with Crippen LogP contribution in [0.25, 0.3) is 0 Å². The molecule has 0 aliphatic heterocycles. The van der Waals surface area contributed by atoms with Gasteiger partial charge in [0.1, 0.15) is 5.75 Å². The highest BCUT2D eigenvalue weighted by Gasteiger charge is 2.09. The molecule has 2 aromatic carbocycles. The summed E-state index contributed by atoms with van der Waals surface area (Å²) in [6.07, 6.45) is 0. The molecule has 0 radical (unpaired) electrons. The zero-order valence-electron chi connectivity index (χ0n) is 14.0. The number of hydrogen-bond donors (Lipinski definition) is 3. The highest BCUT2D eigenvalue weighted by Crippen LogP contribution is 2.16. The third-order valence-electron chi connectivity index (χ3n) is 3.68. The number of phenols is 1. The molecule has 23 heavy (non-hydrogen) atoms. The number of hydrogen-bond acceptors (Lipinski definition) is 2. The summed E-state index contributed by atoms with van der Waals surface area (Å²) < 4.78 is 0. The van der Waals surface area contributed by atoms with Gasteiger partial charge >= 0.3 is 0 Å². The second kappa shape index (κ2) is 8.22. The van der Waals surface area contributed by atoms with Crippen molar-refractivity contribution in [3.63, 3.8) is 0 Å². The molecule has 2 rings (SSSR count). The van der Waals surface area contributed by atoms with Gasteiger partial charge in [-0.25, -0.2) is 4.99 Å². The molecule has 3 N–H and O–H groups in total. The molecular weight excluding hydrogens is 286 g/mol. The number of aromatic hydroxyl groups is 1. The van der Waals surface area contributed by atoms with Gasteiger partial charge in [-0.2, -0.15) is 0 Å². The third-order valence-corrected chi connectivity index (χ3v) is 3.68. The van der Waals surface area contributed by atoms with Crippen molar-refractivity contribution in [2.75, 3.05) is 6.54 Å². The number of rotatable bonds is 5. The standard InChI is InChI=1S/C19H25N3O/c1-4-20-19(21-13-16-9-7-10-17(23)12-16)22-15(3)18-11-6-5-8-14(18)2/h5-12,15,23H,4,13H2,1-3H3,(H2,20,21,22). The molecule has 0 aliphatic rings. The predicted octanol–water partition coefficient (Wildman–Crippen LogP) is 3.52. The number of guanidine groups is 1. The highest BCUT2D eigenvalue weighted by molar-refractivity contribution is 5.80. The van der Waals surface area contributed by atoms with Gasteiger partial charge in [0.2, 0.25) is 0 Å². The Morgan fingerprint density at radius 1 is 1.17 bits per heavy atom. The van der Waals surface area contributed by atoms with Crippen LogP contribution in [-0.2, 0) is 6.54 Å². The van der Waals surface area contributed by atoms with Gasteiger partial charge in [-0.1, -0.05) is 36.4 Å². The topological polar surface area (TPSA) is 56.7 Å². The summed E-state index contributed by atoms with van der Waals surface area (Å²) in [6, 6.07) is 15.7. The van der Waals surface area contributed by atoms with Crippen LogP contribution < -0.4 is 10.6 Å². The first-order chi connectivity index (χ1) is 11.1. The third kappa shape index (κ3) is 5.02. The fraction of sp³-hybridized carbons (Fsp3) is 0.316. The van der Waals surface area contributed by atoms with Crippen LogP contribution in [0.5, 0.6) is 5.75 Å². The van der Waals surface area contributed by atoms with E-state index < -0.39 is 0 Å². The Labute approximate surface area is 138 Å². The Bertz CT molecular complexity index is 667. The van der Waals surface area contributed by atoms with Crippen molar-refractivity contribution in [1.82, 2.24) is 10.6 Å². The molecule has 0 amide bonds. The number of aliphatic imine (C=N–C) groups is 1. The molecule has 0 fully saturated rings. The van der Waals surface area contributed by atoms with Gasteiger partial charge in [0.05, 0.1) is 12.6 Å². The minimum atomic E-state index is 0.165. The maximum absolute atomic E-state index is 9.53. The lowest BCUT2D eigenvalue weighted by Crippen LogP contribution is -2.38. The van der Waals surface area contributed by atoms with Crippen LogP contribution in [0.2, 0.25) is 0 Å². The van der Waals surface area contributed by atoms with Crippen LogP contribution >= 0.6 is 0 Å². The summed E-state index contributed by atoms with van der Waals surface area (Å²) in [6.45, 7) is 7.61. The van der Waals surface area contributed by atoms with Gasteiger partial charge in [-0.15, -0.1) is 0 Å². The number of phenolic OH excluding ortho intramolecular Hbond substituents is 1. The summed E-state index contributed by atoms with van der Waals surface area (Å²) in [5, 5.41) is 16.2. The molecule has 1 atom stereocenters. The van der Waals surface area contributed by atoms with Crippen molar-refractivity contribution in [2.24, 2.45) is 4.99 Å². The second-order valence-corrected chi connectivity index (χ2v) is 5.59. The lowest BCUT2D eigenvalue weighted by Gasteiger charge is -2.19. The van der Waals surface area contributed by atoms with E-state index in [1.54, 1.807) is 12.1 Å². The van der Waals surface area contributed by atoms with Crippen molar-refractivity contribution in [3.05, 3.63) is 65.2 Å². The van der Waals surface area contributed by atoms with Crippen molar-refractivity contribution in [2.45, 2.75) is 33.4 Å². The Morgan fingerprint density at radius 2 is 1.96 bits per heavy atom. The quantitative estimate of drug-likeness (QED) is 0.585. The molecule has 0 saturated heterocycles.